The maximum absolute atomic E-state index is 12.2. The van der Waals surface area contributed by atoms with Gasteiger partial charge in [-0.05, 0) is 51.7 Å². The van der Waals surface area contributed by atoms with Crippen molar-refractivity contribution in [3.8, 4) is 0 Å². The summed E-state index contributed by atoms with van der Waals surface area (Å²) in [7, 11) is 4.04. The molecule has 2 N–H and O–H groups in total. The minimum atomic E-state index is -0.0972. The SMILES string of the molecule is CCNC(=O)c1ccc(NC(=O)N2CC(N(C)C)C2)c(C)c1. The Bertz CT molecular complexity index is 565. The Morgan fingerprint density at radius 1 is 1.32 bits per heavy atom. The molecular formula is C16H24N4O2. The normalized spacial score (nSPS) is 14.7. The third-order valence-electron chi connectivity index (χ3n) is 3.95. The molecule has 1 heterocycles. The molecule has 1 saturated heterocycles. The van der Waals surface area contributed by atoms with Gasteiger partial charge in [0.15, 0.2) is 0 Å². The summed E-state index contributed by atoms with van der Waals surface area (Å²) in [6.07, 6.45) is 0. The van der Waals surface area contributed by atoms with Crippen LogP contribution in [-0.2, 0) is 0 Å². The zero-order valence-electron chi connectivity index (χ0n) is 13.6. The summed E-state index contributed by atoms with van der Waals surface area (Å²) in [5.41, 5.74) is 2.22. The van der Waals surface area contributed by atoms with Gasteiger partial charge in [0.05, 0.1) is 0 Å². The molecule has 1 aliphatic rings. The molecule has 22 heavy (non-hydrogen) atoms. The van der Waals surface area contributed by atoms with Gasteiger partial charge in [0.2, 0.25) is 0 Å². The van der Waals surface area contributed by atoms with Gasteiger partial charge in [-0.1, -0.05) is 0 Å². The van der Waals surface area contributed by atoms with E-state index in [9.17, 15) is 9.59 Å². The van der Waals surface area contributed by atoms with Gasteiger partial charge in [-0.3, -0.25) is 4.79 Å². The van der Waals surface area contributed by atoms with Crippen LogP contribution in [0.1, 0.15) is 22.8 Å². The Labute approximate surface area is 131 Å². The summed E-state index contributed by atoms with van der Waals surface area (Å²) < 4.78 is 0. The number of carbonyl (C=O) groups excluding carboxylic acids is 2. The maximum atomic E-state index is 12.2. The van der Waals surface area contributed by atoms with Gasteiger partial charge >= 0.3 is 6.03 Å². The first kappa shape index (κ1) is 16.3. The van der Waals surface area contributed by atoms with E-state index in [2.05, 4.69) is 15.5 Å². The van der Waals surface area contributed by atoms with Gasteiger partial charge in [0.25, 0.3) is 5.91 Å². The Morgan fingerprint density at radius 3 is 2.55 bits per heavy atom. The van der Waals surface area contributed by atoms with Crippen LogP contribution in [0.4, 0.5) is 10.5 Å². The molecule has 6 heteroatoms. The molecule has 1 fully saturated rings. The first-order valence-electron chi connectivity index (χ1n) is 7.53. The second-order valence-electron chi connectivity index (χ2n) is 5.84. The van der Waals surface area contributed by atoms with Gasteiger partial charge in [-0.25, -0.2) is 4.79 Å². The lowest BCUT2D eigenvalue weighted by atomic mass is 10.1. The quantitative estimate of drug-likeness (QED) is 0.886. The first-order chi connectivity index (χ1) is 10.4. The molecule has 0 aromatic heterocycles. The number of rotatable bonds is 4. The van der Waals surface area contributed by atoms with Crippen molar-refractivity contribution in [3.05, 3.63) is 29.3 Å². The number of amides is 3. The van der Waals surface area contributed by atoms with Gasteiger partial charge in [-0.15, -0.1) is 0 Å². The lowest BCUT2D eigenvalue weighted by Gasteiger charge is -2.42. The lowest BCUT2D eigenvalue weighted by Crippen LogP contribution is -2.60. The summed E-state index contributed by atoms with van der Waals surface area (Å²) in [6.45, 7) is 5.85. The van der Waals surface area contributed by atoms with Gasteiger partial charge in [0, 0.05) is 36.9 Å². The molecule has 0 unspecified atom stereocenters. The van der Waals surface area contributed by atoms with Crippen molar-refractivity contribution in [3.63, 3.8) is 0 Å². The van der Waals surface area contributed by atoms with E-state index in [1.165, 1.54) is 0 Å². The van der Waals surface area contributed by atoms with Crippen molar-refractivity contribution in [2.75, 3.05) is 39.0 Å². The summed E-state index contributed by atoms with van der Waals surface area (Å²) >= 11 is 0. The summed E-state index contributed by atoms with van der Waals surface area (Å²) in [4.78, 5) is 27.8. The highest BCUT2D eigenvalue weighted by atomic mass is 16.2. The summed E-state index contributed by atoms with van der Waals surface area (Å²) in [5.74, 6) is -0.0972. The molecule has 2 rings (SSSR count). The number of benzene rings is 1. The van der Waals surface area contributed by atoms with E-state index in [1.54, 1.807) is 23.1 Å². The largest absolute Gasteiger partial charge is 0.352 e. The standard InChI is InChI=1S/C16H24N4O2/c1-5-17-15(21)12-6-7-14(11(2)8-12)18-16(22)20-9-13(10-20)19(3)4/h6-8,13H,5,9-10H2,1-4H3,(H,17,21)(H,18,22). The van der Waals surface area contributed by atoms with Crippen LogP contribution in [0, 0.1) is 6.92 Å². The Kier molecular flexibility index (Phi) is 5.03. The third-order valence-corrected chi connectivity index (χ3v) is 3.95. The molecule has 3 amide bonds. The van der Waals surface area contributed by atoms with Gasteiger partial charge in [-0.2, -0.15) is 0 Å². The van der Waals surface area contributed by atoms with Crippen LogP contribution in [0.15, 0.2) is 18.2 Å². The smallest absolute Gasteiger partial charge is 0.321 e. The molecule has 6 nitrogen and oxygen atoms in total. The van der Waals surface area contributed by atoms with Crippen LogP contribution in [-0.4, -0.2) is 61.5 Å². The first-order valence-corrected chi connectivity index (χ1v) is 7.53. The molecule has 0 radical (unpaired) electrons. The number of likely N-dealkylation sites (N-methyl/N-ethyl adjacent to an activating group) is 1. The van der Waals surface area contributed by atoms with Crippen molar-refractivity contribution >= 4 is 17.6 Å². The number of likely N-dealkylation sites (tertiary alicyclic amines) is 1. The number of urea groups is 1. The fraction of sp³-hybridized carbons (Fsp3) is 0.500. The van der Waals surface area contributed by atoms with E-state index in [4.69, 9.17) is 0 Å². The third kappa shape index (κ3) is 3.57. The zero-order chi connectivity index (χ0) is 16.3. The van der Waals surface area contributed by atoms with Gasteiger partial charge in [0.1, 0.15) is 0 Å². The fourth-order valence-electron chi connectivity index (χ4n) is 2.35. The highest BCUT2D eigenvalue weighted by molar-refractivity contribution is 5.96. The lowest BCUT2D eigenvalue weighted by molar-refractivity contribution is 0.0942. The Morgan fingerprint density at radius 2 is 2.00 bits per heavy atom. The van der Waals surface area contributed by atoms with E-state index in [1.807, 2.05) is 27.9 Å². The highest BCUT2D eigenvalue weighted by Crippen LogP contribution is 2.19. The molecule has 1 aromatic carbocycles. The second-order valence-corrected chi connectivity index (χ2v) is 5.84. The molecule has 0 saturated carbocycles. The van der Waals surface area contributed by atoms with Crippen molar-refractivity contribution < 1.29 is 9.59 Å². The number of aryl methyl sites for hydroxylation is 1. The minimum absolute atomic E-state index is 0.0908. The summed E-state index contributed by atoms with van der Waals surface area (Å²) in [6, 6.07) is 5.64. The van der Waals surface area contributed by atoms with Crippen LogP contribution in [0.5, 0.6) is 0 Å². The predicted molar refractivity (Wildman–Crippen MR) is 87.3 cm³/mol. The Hall–Kier alpha value is -2.08. The molecule has 0 bridgehead atoms. The topological polar surface area (TPSA) is 64.7 Å². The fourth-order valence-corrected chi connectivity index (χ4v) is 2.35. The van der Waals surface area contributed by atoms with Crippen molar-refractivity contribution in [2.45, 2.75) is 19.9 Å². The van der Waals surface area contributed by atoms with Crippen molar-refractivity contribution in [2.24, 2.45) is 0 Å². The average molecular weight is 304 g/mol. The number of anilines is 1. The molecule has 1 aliphatic heterocycles. The van der Waals surface area contributed by atoms with Crippen LogP contribution < -0.4 is 10.6 Å². The van der Waals surface area contributed by atoms with Crippen LogP contribution in [0.25, 0.3) is 0 Å². The second kappa shape index (κ2) is 6.79. The molecular weight excluding hydrogens is 280 g/mol. The maximum Gasteiger partial charge on any atom is 0.321 e. The van der Waals surface area contributed by atoms with E-state index >= 15 is 0 Å². The van der Waals surface area contributed by atoms with Crippen molar-refractivity contribution in [1.82, 2.24) is 15.1 Å². The van der Waals surface area contributed by atoms with E-state index < -0.39 is 0 Å². The monoisotopic (exact) mass is 304 g/mol. The molecule has 0 aliphatic carbocycles. The predicted octanol–water partition coefficient (Wildman–Crippen LogP) is 1.52. The number of carbonyl (C=O) groups is 2. The van der Waals surface area contributed by atoms with E-state index in [0.29, 0.717) is 18.2 Å². The average Bonchev–Trinajstić information content (AvgIpc) is 2.39. The van der Waals surface area contributed by atoms with Crippen LogP contribution >= 0.6 is 0 Å². The molecule has 1 aromatic rings. The van der Waals surface area contributed by atoms with Gasteiger partial charge < -0.3 is 20.4 Å². The number of hydrogen-bond acceptors (Lipinski definition) is 3. The van der Waals surface area contributed by atoms with Crippen LogP contribution in [0.2, 0.25) is 0 Å². The van der Waals surface area contributed by atoms with E-state index in [-0.39, 0.29) is 11.9 Å². The number of nitrogens with zero attached hydrogens (tertiary/aromatic N) is 2. The Balaban J connectivity index is 1.96. The molecule has 0 spiro atoms. The highest BCUT2D eigenvalue weighted by Gasteiger charge is 2.31. The van der Waals surface area contributed by atoms with E-state index in [0.717, 1.165) is 24.3 Å². The van der Waals surface area contributed by atoms with Crippen LogP contribution in [0.3, 0.4) is 0 Å². The molecule has 0 atom stereocenters. The number of nitrogens with one attached hydrogen (secondary N) is 2. The minimum Gasteiger partial charge on any atom is -0.352 e. The van der Waals surface area contributed by atoms with Crippen molar-refractivity contribution in [1.29, 1.82) is 0 Å². The molecule has 120 valence electrons. The number of hydrogen-bond donors (Lipinski definition) is 2. The zero-order valence-corrected chi connectivity index (χ0v) is 13.6. The summed E-state index contributed by atoms with van der Waals surface area (Å²) in [5, 5.41) is 5.67.